The zero-order valence-electron chi connectivity index (χ0n) is 10.3. The zero-order valence-corrected chi connectivity index (χ0v) is 10.3. The Morgan fingerprint density at radius 1 is 1.26 bits per heavy atom. The maximum absolute atomic E-state index is 9.42. The Bertz CT molecular complexity index is 723. The SMILES string of the molecule is CCOc1ccc2[nH]c(-c3cncc(O)c3)nc2n1. The molecule has 0 aromatic carbocycles. The van der Waals surface area contributed by atoms with Crippen molar-refractivity contribution in [1.29, 1.82) is 0 Å². The molecule has 3 heterocycles. The lowest BCUT2D eigenvalue weighted by Crippen LogP contribution is -1.93. The molecule has 19 heavy (non-hydrogen) atoms. The number of pyridine rings is 2. The second-order valence-corrected chi connectivity index (χ2v) is 3.97. The number of aromatic nitrogens is 4. The van der Waals surface area contributed by atoms with Crippen molar-refractivity contribution in [2.75, 3.05) is 6.61 Å². The van der Waals surface area contributed by atoms with Gasteiger partial charge in [-0.25, -0.2) is 4.98 Å². The summed E-state index contributed by atoms with van der Waals surface area (Å²) in [6.45, 7) is 2.46. The number of hydrogen-bond acceptors (Lipinski definition) is 5. The number of nitrogens with zero attached hydrogens (tertiary/aromatic N) is 3. The van der Waals surface area contributed by atoms with Gasteiger partial charge in [0.2, 0.25) is 5.88 Å². The van der Waals surface area contributed by atoms with E-state index < -0.39 is 0 Å². The number of imidazole rings is 1. The first-order chi connectivity index (χ1) is 9.26. The molecular weight excluding hydrogens is 244 g/mol. The third-order valence-corrected chi connectivity index (χ3v) is 2.61. The number of hydrogen-bond donors (Lipinski definition) is 2. The molecular formula is C13H12N4O2. The van der Waals surface area contributed by atoms with Crippen molar-refractivity contribution in [3.63, 3.8) is 0 Å². The Morgan fingerprint density at radius 2 is 2.16 bits per heavy atom. The van der Waals surface area contributed by atoms with E-state index in [9.17, 15) is 5.11 Å². The summed E-state index contributed by atoms with van der Waals surface area (Å²) in [5.74, 6) is 1.25. The van der Waals surface area contributed by atoms with Gasteiger partial charge in [-0.2, -0.15) is 4.98 Å². The number of H-pyrrole nitrogens is 1. The van der Waals surface area contributed by atoms with E-state index in [1.165, 1.54) is 6.20 Å². The highest BCUT2D eigenvalue weighted by Crippen LogP contribution is 2.22. The molecule has 3 aromatic rings. The highest BCUT2D eigenvalue weighted by atomic mass is 16.5. The molecule has 0 aliphatic rings. The van der Waals surface area contributed by atoms with E-state index in [1.54, 1.807) is 18.3 Å². The van der Waals surface area contributed by atoms with Crippen molar-refractivity contribution < 1.29 is 9.84 Å². The van der Waals surface area contributed by atoms with E-state index in [0.29, 0.717) is 29.5 Å². The topological polar surface area (TPSA) is 83.9 Å². The number of fused-ring (bicyclic) bond motifs is 1. The fourth-order valence-electron chi connectivity index (χ4n) is 1.80. The van der Waals surface area contributed by atoms with Crippen molar-refractivity contribution in [3.05, 3.63) is 30.6 Å². The predicted molar refractivity (Wildman–Crippen MR) is 70.0 cm³/mol. The summed E-state index contributed by atoms with van der Waals surface area (Å²) < 4.78 is 5.33. The molecule has 0 spiro atoms. The Hall–Kier alpha value is -2.63. The van der Waals surface area contributed by atoms with E-state index in [2.05, 4.69) is 19.9 Å². The first-order valence-corrected chi connectivity index (χ1v) is 5.90. The summed E-state index contributed by atoms with van der Waals surface area (Å²) in [5, 5.41) is 9.42. The molecule has 96 valence electrons. The molecule has 0 bridgehead atoms. The van der Waals surface area contributed by atoms with E-state index >= 15 is 0 Å². The molecule has 6 heteroatoms. The maximum Gasteiger partial charge on any atom is 0.215 e. The number of ether oxygens (including phenoxy) is 1. The smallest absolute Gasteiger partial charge is 0.215 e. The molecule has 0 radical (unpaired) electrons. The van der Waals surface area contributed by atoms with Crippen molar-refractivity contribution in [1.82, 2.24) is 19.9 Å². The third-order valence-electron chi connectivity index (χ3n) is 2.61. The van der Waals surface area contributed by atoms with Crippen LogP contribution in [0.2, 0.25) is 0 Å². The third kappa shape index (κ3) is 2.20. The van der Waals surface area contributed by atoms with Crippen LogP contribution in [0, 0.1) is 0 Å². The fourth-order valence-corrected chi connectivity index (χ4v) is 1.80. The molecule has 0 unspecified atom stereocenters. The normalized spacial score (nSPS) is 10.8. The van der Waals surface area contributed by atoms with Crippen LogP contribution in [0.1, 0.15) is 6.92 Å². The van der Waals surface area contributed by atoms with Gasteiger partial charge in [-0.05, 0) is 19.1 Å². The number of nitrogens with one attached hydrogen (secondary N) is 1. The first kappa shape index (κ1) is 11.5. The lowest BCUT2D eigenvalue weighted by molar-refractivity contribution is 0.328. The van der Waals surface area contributed by atoms with Crippen LogP contribution in [0.3, 0.4) is 0 Å². The quantitative estimate of drug-likeness (QED) is 0.749. The molecule has 0 aliphatic heterocycles. The van der Waals surface area contributed by atoms with Crippen molar-refractivity contribution in [3.8, 4) is 23.0 Å². The summed E-state index contributed by atoms with van der Waals surface area (Å²) in [6.07, 6.45) is 3.00. The fraction of sp³-hybridized carbons (Fsp3) is 0.154. The molecule has 0 atom stereocenters. The van der Waals surface area contributed by atoms with Gasteiger partial charge in [0.25, 0.3) is 0 Å². The van der Waals surface area contributed by atoms with Gasteiger partial charge in [-0.3, -0.25) is 4.98 Å². The van der Waals surface area contributed by atoms with Gasteiger partial charge in [0.05, 0.1) is 18.3 Å². The largest absolute Gasteiger partial charge is 0.506 e. The number of aromatic hydroxyl groups is 1. The molecule has 3 rings (SSSR count). The molecule has 0 saturated heterocycles. The number of rotatable bonds is 3. The standard InChI is InChI=1S/C13H12N4O2/c1-2-19-11-4-3-10-13(16-11)17-12(15-10)8-5-9(18)7-14-6-8/h3-7,18H,2H2,1H3,(H,15,16,17). The van der Waals surface area contributed by atoms with Crippen LogP contribution in [-0.2, 0) is 0 Å². The van der Waals surface area contributed by atoms with Gasteiger partial charge in [0, 0.05) is 17.8 Å². The molecule has 6 nitrogen and oxygen atoms in total. The highest BCUT2D eigenvalue weighted by molar-refractivity contribution is 5.76. The minimum Gasteiger partial charge on any atom is -0.506 e. The lowest BCUT2D eigenvalue weighted by atomic mass is 10.2. The average molecular weight is 256 g/mol. The van der Waals surface area contributed by atoms with Crippen LogP contribution in [0.15, 0.2) is 30.6 Å². The van der Waals surface area contributed by atoms with Gasteiger partial charge >= 0.3 is 0 Å². The van der Waals surface area contributed by atoms with Gasteiger partial charge in [-0.1, -0.05) is 0 Å². The highest BCUT2D eigenvalue weighted by Gasteiger charge is 2.08. The van der Waals surface area contributed by atoms with Crippen LogP contribution < -0.4 is 4.74 Å². The number of aromatic amines is 1. The zero-order chi connectivity index (χ0) is 13.2. The predicted octanol–water partition coefficient (Wildman–Crippen LogP) is 2.12. The van der Waals surface area contributed by atoms with Crippen LogP contribution in [0.4, 0.5) is 0 Å². The molecule has 3 aromatic heterocycles. The van der Waals surface area contributed by atoms with E-state index in [-0.39, 0.29) is 5.75 Å². The first-order valence-electron chi connectivity index (χ1n) is 5.90. The molecule has 0 amide bonds. The van der Waals surface area contributed by atoms with Crippen molar-refractivity contribution in [2.45, 2.75) is 6.92 Å². The van der Waals surface area contributed by atoms with Crippen LogP contribution >= 0.6 is 0 Å². The van der Waals surface area contributed by atoms with Crippen LogP contribution in [-0.4, -0.2) is 31.6 Å². The Balaban J connectivity index is 2.06. The summed E-state index contributed by atoms with van der Waals surface area (Å²) in [6, 6.07) is 5.24. The summed E-state index contributed by atoms with van der Waals surface area (Å²) in [4.78, 5) is 15.7. The van der Waals surface area contributed by atoms with E-state index in [1.807, 2.05) is 13.0 Å². The Labute approximate surface area is 109 Å². The summed E-state index contributed by atoms with van der Waals surface area (Å²) >= 11 is 0. The van der Waals surface area contributed by atoms with Gasteiger partial charge < -0.3 is 14.8 Å². The minimum atomic E-state index is 0.0981. The summed E-state index contributed by atoms with van der Waals surface area (Å²) in [7, 11) is 0. The average Bonchev–Trinajstić information content (AvgIpc) is 2.82. The lowest BCUT2D eigenvalue weighted by Gasteiger charge is -1.99. The van der Waals surface area contributed by atoms with Crippen molar-refractivity contribution >= 4 is 11.2 Å². The maximum atomic E-state index is 9.42. The molecule has 0 aliphatic carbocycles. The minimum absolute atomic E-state index is 0.0981. The molecule has 0 fully saturated rings. The van der Waals surface area contributed by atoms with Crippen LogP contribution in [0.5, 0.6) is 11.6 Å². The monoisotopic (exact) mass is 256 g/mol. The van der Waals surface area contributed by atoms with Crippen LogP contribution in [0.25, 0.3) is 22.6 Å². The molecule has 0 saturated carbocycles. The molecule has 2 N–H and O–H groups in total. The van der Waals surface area contributed by atoms with Gasteiger partial charge in [0.1, 0.15) is 11.6 Å². The van der Waals surface area contributed by atoms with E-state index in [0.717, 1.165) is 5.52 Å². The van der Waals surface area contributed by atoms with Gasteiger partial charge in [0.15, 0.2) is 5.65 Å². The summed E-state index contributed by atoms with van der Waals surface area (Å²) in [5.41, 5.74) is 2.09. The second kappa shape index (κ2) is 4.56. The van der Waals surface area contributed by atoms with E-state index in [4.69, 9.17) is 4.74 Å². The van der Waals surface area contributed by atoms with Crippen molar-refractivity contribution in [2.24, 2.45) is 0 Å². The Morgan fingerprint density at radius 3 is 2.95 bits per heavy atom. The van der Waals surface area contributed by atoms with Gasteiger partial charge in [-0.15, -0.1) is 0 Å². The second-order valence-electron chi connectivity index (χ2n) is 3.97. The Kier molecular flexibility index (Phi) is 2.75.